The minimum absolute atomic E-state index is 0.209. The van der Waals surface area contributed by atoms with Gasteiger partial charge in [0, 0.05) is 42.3 Å². The van der Waals surface area contributed by atoms with Crippen LogP contribution in [0.2, 0.25) is 0 Å². The number of aliphatic imine (C=N–C) groups is 1. The highest BCUT2D eigenvalue weighted by atomic mass is 32.2. The van der Waals surface area contributed by atoms with Crippen LogP contribution in [0, 0.1) is 5.92 Å². The van der Waals surface area contributed by atoms with Crippen LogP contribution in [0.15, 0.2) is 82.2 Å². The summed E-state index contributed by atoms with van der Waals surface area (Å²) in [7, 11) is -1.32. The average molecular weight is 574 g/mol. The fourth-order valence-electron chi connectivity index (χ4n) is 4.53. The molecule has 41 heavy (non-hydrogen) atoms. The zero-order valence-corrected chi connectivity index (χ0v) is 23.9. The second-order valence-corrected chi connectivity index (χ2v) is 11.5. The number of fused-ring (bicyclic) bond motifs is 1. The molecule has 214 valence electrons. The van der Waals surface area contributed by atoms with Crippen molar-refractivity contribution in [3.63, 3.8) is 0 Å². The SMILES string of the molecule is CCCN(OCc1ccc(N)cc1)C(=O)C1=Cc2ccc(-c3cccc(S(=O)NCC4COC4)c3)cc2N=C(N)C1. The summed E-state index contributed by atoms with van der Waals surface area (Å²) in [5.41, 5.74) is 17.4. The van der Waals surface area contributed by atoms with E-state index >= 15 is 0 Å². The molecule has 0 aromatic heterocycles. The number of amidine groups is 1. The van der Waals surface area contributed by atoms with Gasteiger partial charge in [-0.25, -0.2) is 19.0 Å². The van der Waals surface area contributed by atoms with Crippen LogP contribution in [0.25, 0.3) is 17.2 Å². The topological polar surface area (TPSA) is 132 Å². The van der Waals surface area contributed by atoms with E-state index in [0.29, 0.717) is 59.9 Å². The number of anilines is 1. The molecule has 1 amide bonds. The Hall–Kier alpha value is -3.83. The van der Waals surface area contributed by atoms with Crippen LogP contribution in [0.3, 0.4) is 0 Å². The quantitative estimate of drug-likeness (QED) is 0.231. The number of hydrogen-bond acceptors (Lipinski definition) is 7. The zero-order chi connectivity index (χ0) is 28.8. The molecule has 1 unspecified atom stereocenters. The molecule has 2 heterocycles. The summed E-state index contributed by atoms with van der Waals surface area (Å²) in [6.45, 7) is 4.74. The van der Waals surface area contributed by atoms with Crippen LogP contribution in [0.1, 0.15) is 30.9 Å². The molecule has 0 spiro atoms. The average Bonchev–Trinajstić information content (AvgIpc) is 3.12. The Morgan fingerprint density at radius 3 is 2.61 bits per heavy atom. The van der Waals surface area contributed by atoms with Crippen molar-refractivity contribution < 1.29 is 18.6 Å². The van der Waals surface area contributed by atoms with Crippen molar-refractivity contribution in [2.45, 2.75) is 31.3 Å². The van der Waals surface area contributed by atoms with Gasteiger partial charge in [0.2, 0.25) is 0 Å². The number of hydroxylamine groups is 2. The lowest BCUT2D eigenvalue weighted by atomic mass is 10.0. The first-order valence-electron chi connectivity index (χ1n) is 13.7. The Bertz CT molecular complexity index is 1480. The van der Waals surface area contributed by atoms with Crippen LogP contribution in [0.5, 0.6) is 0 Å². The predicted molar refractivity (Wildman–Crippen MR) is 162 cm³/mol. The minimum atomic E-state index is -1.32. The van der Waals surface area contributed by atoms with Gasteiger partial charge in [0.05, 0.1) is 23.8 Å². The van der Waals surface area contributed by atoms with Gasteiger partial charge in [-0.2, -0.15) is 0 Å². The number of hydrogen-bond donors (Lipinski definition) is 3. The lowest BCUT2D eigenvalue weighted by Gasteiger charge is -2.25. The minimum Gasteiger partial charge on any atom is -0.399 e. The molecule has 1 atom stereocenters. The molecule has 2 aliphatic rings. The van der Waals surface area contributed by atoms with Crippen LogP contribution in [-0.2, 0) is 32.0 Å². The number of nitrogens with zero attached hydrogens (tertiary/aromatic N) is 2. The Balaban J connectivity index is 1.33. The molecule has 0 radical (unpaired) electrons. The van der Waals surface area contributed by atoms with Gasteiger partial charge in [-0.3, -0.25) is 9.63 Å². The molecule has 3 aromatic carbocycles. The van der Waals surface area contributed by atoms with E-state index in [1.54, 1.807) is 12.1 Å². The van der Waals surface area contributed by atoms with Crippen molar-refractivity contribution in [2.24, 2.45) is 16.6 Å². The van der Waals surface area contributed by atoms with Crippen LogP contribution in [0.4, 0.5) is 11.4 Å². The molecular weight excluding hydrogens is 538 g/mol. The highest BCUT2D eigenvalue weighted by Crippen LogP contribution is 2.32. The fraction of sp³-hybridized carbons (Fsp3) is 0.290. The molecule has 0 saturated carbocycles. The maximum absolute atomic E-state index is 13.5. The maximum Gasteiger partial charge on any atom is 0.273 e. The van der Waals surface area contributed by atoms with Gasteiger partial charge in [0.1, 0.15) is 23.4 Å². The highest BCUT2D eigenvalue weighted by molar-refractivity contribution is 7.83. The van der Waals surface area contributed by atoms with E-state index in [-0.39, 0.29) is 18.9 Å². The highest BCUT2D eigenvalue weighted by Gasteiger charge is 2.23. The Labute approximate surface area is 242 Å². The summed E-state index contributed by atoms with van der Waals surface area (Å²) in [5, 5.41) is 1.40. The largest absolute Gasteiger partial charge is 0.399 e. The molecule has 2 aliphatic heterocycles. The number of carbonyl (C=O) groups excluding carboxylic acids is 1. The molecule has 1 fully saturated rings. The molecule has 9 nitrogen and oxygen atoms in total. The van der Waals surface area contributed by atoms with Crippen molar-refractivity contribution >= 4 is 40.2 Å². The van der Waals surface area contributed by atoms with Crippen molar-refractivity contribution in [3.8, 4) is 11.1 Å². The molecule has 0 aliphatic carbocycles. The summed E-state index contributed by atoms with van der Waals surface area (Å²) in [4.78, 5) is 24.8. The molecule has 10 heteroatoms. The van der Waals surface area contributed by atoms with Gasteiger partial charge >= 0.3 is 0 Å². The Kier molecular flexibility index (Phi) is 9.25. The van der Waals surface area contributed by atoms with E-state index in [1.807, 2.05) is 67.6 Å². The summed E-state index contributed by atoms with van der Waals surface area (Å²) in [6, 6.07) is 20.8. The van der Waals surface area contributed by atoms with Gasteiger partial charge in [0.25, 0.3) is 5.91 Å². The van der Waals surface area contributed by atoms with Crippen molar-refractivity contribution in [1.29, 1.82) is 0 Å². The standard InChI is InChI=1S/C31H35N5O4S/c1-2-12-36(40-20-21-6-10-27(32)11-7-21)31(37)26-13-25-9-8-24(15-29(25)35-30(33)16-26)23-4-3-5-28(14-23)41(38)34-17-22-18-39-19-22/h3-11,13-15,22,34H,2,12,16-20,32H2,1H3,(H2,33,35). The van der Waals surface area contributed by atoms with Gasteiger partial charge in [-0.05, 0) is 59.5 Å². The number of nitrogens with two attached hydrogens (primary N) is 2. The Morgan fingerprint density at radius 2 is 1.88 bits per heavy atom. The third kappa shape index (κ3) is 7.28. The lowest BCUT2D eigenvalue weighted by Crippen LogP contribution is -2.37. The second kappa shape index (κ2) is 13.2. The first-order valence-corrected chi connectivity index (χ1v) is 14.8. The summed E-state index contributed by atoms with van der Waals surface area (Å²) >= 11 is 0. The molecule has 5 N–H and O–H groups in total. The third-order valence-corrected chi connectivity index (χ3v) is 7.99. The number of ether oxygens (including phenoxy) is 1. The van der Waals surface area contributed by atoms with Crippen molar-refractivity contribution in [2.75, 3.05) is 32.0 Å². The van der Waals surface area contributed by atoms with E-state index in [4.69, 9.17) is 21.0 Å². The van der Waals surface area contributed by atoms with E-state index in [1.165, 1.54) is 5.06 Å². The first-order chi connectivity index (χ1) is 19.9. The van der Waals surface area contributed by atoms with Gasteiger partial charge in [-0.1, -0.05) is 43.3 Å². The van der Waals surface area contributed by atoms with Gasteiger partial charge in [0.15, 0.2) is 0 Å². The number of benzene rings is 3. The second-order valence-electron chi connectivity index (χ2n) is 10.2. The maximum atomic E-state index is 13.5. The molecule has 0 bridgehead atoms. The first kappa shape index (κ1) is 28.7. The monoisotopic (exact) mass is 573 g/mol. The fourth-order valence-corrected chi connectivity index (χ4v) is 5.52. The zero-order valence-electron chi connectivity index (χ0n) is 23.0. The number of nitrogen functional groups attached to an aromatic ring is 1. The van der Waals surface area contributed by atoms with Crippen LogP contribution in [-0.4, -0.2) is 47.3 Å². The van der Waals surface area contributed by atoms with Crippen LogP contribution >= 0.6 is 0 Å². The van der Waals surface area contributed by atoms with E-state index < -0.39 is 11.0 Å². The van der Waals surface area contributed by atoms with Crippen LogP contribution < -0.4 is 16.2 Å². The number of rotatable bonds is 11. The van der Waals surface area contributed by atoms with Crippen molar-refractivity contribution in [1.82, 2.24) is 9.79 Å². The normalized spacial score (nSPS) is 15.6. The summed E-state index contributed by atoms with van der Waals surface area (Å²) in [5.74, 6) is 0.507. The lowest BCUT2D eigenvalue weighted by molar-refractivity contribution is -0.187. The van der Waals surface area contributed by atoms with E-state index in [9.17, 15) is 9.00 Å². The smallest absolute Gasteiger partial charge is 0.273 e. The number of amides is 1. The molecule has 1 saturated heterocycles. The summed E-state index contributed by atoms with van der Waals surface area (Å²) in [6.07, 6.45) is 2.78. The molecule has 3 aromatic rings. The summed E-state index contributed by atoms with van der Waals surface area (Å²) < 4.78 is 21.1. The van der Waals surface area contributed by atoms with E-state index in [0.717, 1.165) is 28.7 Å². The predicted octanol–water partition coefficient (Wildman–Crippen LogP) is 4.34. The van der Waals surface area contributed by atoms with Gasteiger partial charge in [-0.15, -0.1) is 0 Å². The number of carbonyl (C=O) groups is 1. The number of nitrogens with one attached hydrogen (secondary N) is 1. The molecule has 5 rings (SSSR count). The Morgan fingerprint density at radius 1 is 1.10 bits per heavy atom. The molecular formula is C31H35N5O4S. The van der Waals surface area contributed by atoms with Gasteiger partial charge < -0.3 is 16.2 Å². The van der Waals surface area contributed by atoms with E-state index in [2.05, 4.69) is 9.71 Å². The third-order valence-electron chi connectivity index (χ3n) is 6.88. The van der Waals surface area contributed by atoms with Crippen molar-refractivity contribution in [3.05, 3.63) is 83.4 Å².